The van der Waals surface area contributed by atoms with Gasteiger partial charge in [-0.2, -0.15) is 0 Å². The molecule has 0 saturated heterocycles. The van der Waals surface area contributed by atoms with Crippen LogP contribution >= 0.6 is 12.2 Å². The minimum Gasteiger partial charge on any atom is -0.497 e. The lowest BCUT2D eigenvalue weighted by Gasteiger charge is -2.11. The standard InChI is InChI=1S/C23H23N3OS/c1-27-22-12-9-18(10-13-22)14-16-25-23(28)26-21-7-4-5-19(17-21)8-11-20-6-2-3-15-24-20/h2-13,15,17H,14,16H2,1H3,(H2,25,26,28). The Hall–Kier alpha value is -3.18. The van der Waals surface area contributed by atoms with Gasteiger partial charge in [0.05, 0.1) is 12.8 Å². The zero-order valence-corrected chi connectivity index (χ0v) is 16.6. The molecule has 3 rings (SSSR count). The molecule has 0 saturated carbocycles. The van der Waals surface area contributed by atoms with Crippen molar-refractivity contribution in [3.8, 4) is 5.75 Å². The molecule has 0 aliphatic carbocycles. The largest absolute Gasteiger partial charge is 0.497 e. The molecule has 0 atom stereocenters. The lowest BCUT2D eigenvalue weighted by molar-refractivity contribution is 0.414. The number of anilines is 1. The fraction of sp³-hybridized carbons (Fsp3) is 0.130. The topological polar surface area (TPSA) is 46.2 Å². The predicted octanol–water partition coefficient (Wildman–Crippen LogP) is 4.79. The second kappa shape index (κ2) is 10.2. The summed E-state index contributed by atoms with van der Waals surface area (Å²) in [6.45, 7) is 0.761. The lowest BCUT2D eigenvalue weighted by Crippen LogP contribution is -2.30. The summed E-state index contributed by atoms with van der Waals surface area (Å²) in [4.78, 5) is 4.29. The van der Waals surface area contributed by atoms with Crippen LogP contribution in [0.15, 0.2) is 72.9 Å². The molecule has 4 nitrogen and oxygen atoms in total. The summed E-state index contributed by atoms with van der Waals surface area (Å²) in [6, 6.07) is 22.0. The number of benzene rings is 2. The number of ether oxygens (including phenoxy) is 1. The van der Waals surface area contributed by atoms with E-state index in [4.69, 9.17) is 17.0 Å². The predicted molar refractivity (Wildman–Crippen MR) is 121 cm³/mol. The maximum atomic E-state index is 5.41. The molecular formula is C23H23N3OS. The molecule has 1 heterocycles. The number of nitrogens with one attached hydrogen (secondary N) is 2. The number of aromatic nitrogens is 1. The summed E-state index contributed by atoms with van der Waals surface area (Å²) >= 11 is 5.41. The summed E-state index contributed by atoms with van der Waals surface area (Å²) in [7, 11) is 1.67. The molecule has 5 heteroatoms. The zero-order chi connectivity index (χ0) is 19.6. The van der Waals surface area contributed by atoms with Gasteiger partial charge in [0, 0.05) is 18.4 Å². The Labute approximate surface area is 171 Å². The first-order valence-corrected chi connectivity index (χ1v) is 9.51. The van der Waals surface area contributed by atoms with Gasteiger partial charge in [-0.15, -0.1) is 0 Å². The van der Waals surface area contributed by atoms with E-state index < -0.39 is 0 Å². The quantitative estimate of drug-likeness (QED) is 0.569. The molecule has 1 aromatic heterocycles. The molecule has 28 heavy (non-hydrogen) atoms. The van der Waals surface area contributed by atoms with Crippen LogP contribution in [-0.2, 0) is 6.42 Å². The van der Waals surface area contributed by atoms with Gasteiger partial charge in [-0.1, -0.05) is 36.4 Å². The van der Waals surface area contributed by atoms with Crippen molar-refractivity contribution in [2.75, 3.05) is 19.0 Å². The smallest absolute Gasteiger partial charge is 0.170 e. The Bertz CT molecular complexity index is 924. The second-order valence-electron chi connectivity index (χ2n) is 6.19. The van der Waals surface area contributed by atoms with Crippen LogP contribution in [0.25, 0.3) is 12.2 Å². The van der Waals surface area contributed by atoms with Gasteiger partial charge in [-0.3, -0.25) is 4.98 Å². The first-order valence-electron chi connectivity index (χ1n) is 9.10. The van der Waals surface area contributed by atoms with E-state index >= 15 is 0 Å². The molecule has 3 aromatic rings. The van der Waals surface area contributed by atoms with Crippen molar-refractivity contribution in [3.63, 3.8) is 0 Å². The van der Waals surface area contributed by atoms with Gasteiger partial charge in [0.15, 0.2) is 5.11 Å². The number of methoxy groups -OCH3 is 1. The Morgan fingerprint density at radius 1 is 1.04 bits per heavy atom. The van der Waals surface area contributed by atoms with Crippen LogP contribution in [0.3, 0.4) is 0 Å². The first kappa shape index (κ1) is 19.6. The van der Waals surface area contributed by atoms with E-state index in [9.17, 15) is 0 Å². The van der Waals surface area contributed by atoms with Gasteiger partial charge < -0.3 is 15.4 Å². The molecule has 2 aromatic carbocycles. The Morgan fingerprint density at radius 2 is 1.89 bits per heavy atom. The van der Waals surface area contributed by atoms with Crippen LogP contribution in [-0.4, -0.2) is 23.8 Å². The van der Waals surface area contributed by atoms with Crippen LogP contribution in [0.5, 0.6) is 5.75 Å². The van der Waals surface area contributed by atoms with Crippen LogP contribution in [0.2, 0.25) is 0 Å². The highest BCUT2D eigenvalue weighted by Crippen LogP contribution is 2.14. The Balaban J connectivity index is 1.49. The number of thiocarbonyl (C=S) groups is 1. The number of rotatable bonds is 7. The molecule has 0 aliphatic rings. The fourth-order valence-electron chi connectivity index (χ4n) is 2.66. The Morgan fingerprint density at radius 3 is 2.64 bits per heavy atom. The minimum absolute atomic E-state index is 0.611. The van der Waals surface area contributed by atoms with Gasteiger partial charge in [-0.25, -0.2) is 0 Å². The van der Waals surface area contributed by atoms with E-state index in [1.807, 2.05) is 60.7 Å². The van der Waals surface area contributed by atoms with E-state index in [-0.39, 0.29) is 0 Å². The van der Waals surface area contributed by atoms with Crippen molar-refractivity contribution in [1.29, 1.82) is 0 Å². The molecule has 0 fully saturated rings. The van der Waals surface area contributed by atoms with Crippen molar-refractivity contribution < 1.29 is 4.74 Å². The third kappa shape index (κ3) is 6.21. The highest BCUT2D eigenvalue weighted by atomic mass is 32.1. The van der Waals surface area contributed by atoms with Crippen LogP contribution in [0.1, 0.15) is 16.8 Å². The maximum absolute atomic E-state index is 5.41. The zero-order valence-electron chi connectivity index (χ0n) is 15.8. The number of hydrogen-bond acceptors (Lipinski definition) is 3. The molecule has 0 amide bonds. The molecule has 0 bridgehead atoms. The molecule has 142 valence electrons. The molecule has 2 N–H and O–H groups in total. The van der Waals surface area contributed by atoms with Gasteiger partial charge in [0.1, 0.15) is 5.75 Å². The van der Waals surface area contributed by atoms with Gasteiger partial charge in [0.2, 0.25) is 0 Å². The van der Waals surface area contributed by atoms with Crippen molar-refractivity contribution in [3.05, 3.63) is 89.7 Å². The lowest BCUT2D eigenvalue weighted by atomic mass is 10.1. The van der Waals surface area contributed by atoms with Crippen LogP contribution < -0.4 is 15.4 Å². The number of pyridine rings is 1. The summed E-state index contributed by atoms with van der Waals surface area (Å²) in [6.07, 6.45) is 6.70. The summed E-state index contributed by atoms with van der Waals surface area (Å²) in [5.74, 6) is 0.867. The van der Waals surface area contributed by atoms with Crippen molar-refractivity contribution in [2.45, 2.75) is 6.42 Å². The van der Waals surface area contributed by atoms with Gasteiger partial charge >= 0.3 is 0 Å². The van der Waals surface area contributed by atoms with E-state index in [1.165, 1.54) is 5.56 Å². The van der Waals surface area contributed by atoms with E-state index in [0.717, 1.165) is 35.7 Å². The monoisotopic (exact) mass is 389 g/mol. The normalized spacial score (nSPS) is 10.6. The summed E-state index contributed by atoms with van der Waals surface area (Å²) < 4.78 is 5.18. The van der Waals surface area contributed by atoms with E-state index in [0.29, 0.717) is 5.11 Å². The van der Waals surface area contributed by atoms with Crippen molar-refractivity contribution in [1.82, 2.24) is 10.3 Å². The average molecular weight is 390 g/mol. The van der Waals surface area contributed by atoms with Crippen LogP contribution in [0, 0.1) is 0 Å². The minimum atomic E-state index is 0.611. The van der Waals surface area contributed by atoms with Crippen molar-refractivity contribution >= 4 is 35.2 Å². The SMILES string of the molecule is COc1ccc(CCNC(=S)Nc2cccc(C=Cc3ccccn3)c2)cc1. The van der Waals surface area contributed by atoms with E-state index in [2.05, 4.69) is 33.8 Å². The van der Waals surface area contributed by atoms with Gasteiger partial charge in [-0.05, 0) is 72.2 Å². The fourth-order valence-corrected chi connectivity index (χ4v) is 2.88. The highest BCUT2D eigenvalue weighted by Gasteiger charge is 2.00. The molecule has 0 unspecified atom stereocenters. The third-order valence-corrected chi connectivity index (χ3v) is 4.38. The molecule has 0 spiro atoms. The molecular weight excluding hydrogens is 366 g/mol. The third-order valence-electron chi connectivity index (χ3n) is 4.14. The van der Waals surface area contributed by atoms with Gasteiger partial charge in [0.25, 0.3) is 0 Å². The van der Waals surface area contributed by atoms with Crippen LogP contribution in [0.4, 0.5) is 5.69 Å². The Kier molecular flexibility index (Phi) is 7.15. The maximum Gasteiger partial charge on any atom is 0.170 e. The molecule has 0 radical (unpaired) electrons. The highest BCUT2D eigenvalue weighted by molar-refractivity contribution is 7.80. The van der Waals surface area contributed by atoms with Crippen molar-refractivity contribution in [2.24, 2.45) is 0 Å². The second-order valence-corrected chi connectivity index (χ2v) is 6.60. The number of hydrogen-bond donors (Lipinski definition) is 2. The van der Waals surface area contributed by atoms with E-state index in [1.54, 1.807) is 13.3 Å². The number of nitrogens with zero attached hydrogens (tertiary/aromatic N) is 1. The molecule has 0 aliphatic heterocycles. The summed E-state index contributed by atoms with van der Waals surface area (Å²) in [5.41, 5.74) is 4.19. The first-order chi connectivity index (χ1) is 13.7. The average Bonchev–Trinajstić information content (AvgIpc) is 2.74. The summed E-state index contributed by atoms with van der Waals surface area (Å²) in [5, 5.41) is 7.09.